The fourth-order valence-corrected chi connectivity index (χ4v) is 3.16. The van der Waals surface area contributed by atoms with Crippen LogP contribution >= 0.6 is 0 Å². The van der Waals surface area contributed by atoms with E-state index in [4.69, 9.17) is 5.73 Å². The molecule has 2 atom stereocenters. The standard InChI is InChI=1S/C13H20N4/c1-10-8-16-6-2-3-12(16)9-17(10)11-4-5-15-13(14)7-11/h4-5,7,10,12H,2-3,6,8-9H2,1H3,(H2,14,15). The molecule has 0 amide bonds. The Morgan fingerprint density at radius 2 is 2.29 bits per heavy atom. The monoisotopic (exact) mass is 232 g/mol. The molecule has 2 aliphatic heterocycles. The number of aromatic nitrogens is 1. The van der Waals surface area contributed by atoms with Crippen molar-refractivity contribution in [3.8, 4) is 0 Å². The third-order valence-corrected chi connectivity index (χ3v) is 4.03. The zero-order valence-corrected chi connectivity index (χ0v) is 10.3. The quantitative estimate of drug-likeness (QED) is 0.793. The Labute approximate surface area is 102 Å². The van der Waals surface area contributed by atoms with Crippen LogP contribution in [0.4, 0.5) is 11.5 Å². The Morgan fingerprint density at radius 3 is 3.12 bits per heavy atom. The number of nitrogen functional groups attached to an aromatic ring is 1. The van der Waals surface area contributed by atoms with Crippen molar-refractivity contribution in [2.24, 2.45) is 0 Å². The minimum absolute atomic E-state index is 0.561. The van der Waals surface area contributed by atoms with E-state index in [1.54, 1.807) is 6.20 Å². The fraction of sp³-hybridized carbons (Fsp3) is 0.615. The molecule has 3 heterocycles. The van der Waals surface area contributed by atoms with Crippen molar-refractivity contribution < 1.29 is 0 Å². The van der Waals surface area contributed by atoms with E-state index in [-0.39, 0.29) is 0 Å². The molecule has 2 aliphatic rings. The predicted octanol–water partition coefficient (Wildman–Crippen LogP) is 1.34. The van der Waals surface area contributed by atoms with Crippen LogP contribution in [0.3, 0.4) is 0 Å². The van der Waals surface area contributed by atoms with Gasteiger partial charge in [-0.2, -0.15) is 0 Å². The molecule has 0 spiro atoms. The summed E-state index contributed by atoms with van der Waals surface area (Å²) >= 11 is 0. The zero-order chi connectivity index (χ0) is 11.8. The molecule has 0 radical (unpaired) electrons. The maximum absolute atomic E-state index is 5.77. The molecule has 2 unspecified atom stereocenters. The van der Waals surface area contributed by atoms with Gasteiger partial charge in [-0.25, -0.2) is 4.98 Å². The van der Waals surface area contributed by atoms with Crippen LogP contribution in [-0.4, -0.2) is 41.6 Å². The average molecular weight is 232 g/mol. The Kier molecular flexibility index (Phi) is 2.67. The number of hydrogen-bond donors (Lipinski definition) is 1. The molecule has 1 aromatic rings. The van der Waals surface area contributed by atoms with Gasteiger partial charge in [0.15, 0.2) is 0 Å². The Bertz CT molecular complexity index is 406. The smallest absolute Gasteiger partial charge is 0.125 e. The van der Waals surface area contributed by atoms with Crippen LogP contribution < -0.4 is 10.6 Å². The number of anilines is 2. The number of nitrogens with two attached hydrogens (primary N) is 1. The van der Waals surface area contributed by atoms with Gasteiger partial charge >= 0.3 is 0 Å². The second-order valence-corrected chi connectivity index (χ2v) is 5.23. The Morgan fingerprint density at radius 1 is 1.41 bits per heavy atom. The molecular weight excluding hydrogens is 212 g/mol. The van der Waals surface area contributed by atoms with E-state index in [0.29, 0.717) is 11.9 Å². The van der Waals surface area contributed by atoms with E-state index >= 15 is 0 Å². The van der Waals surface area contributed by atoms with Gasteiger partial charge in [0.05, 0.1) is 0 Å². The van der Waals surface area contributed by atoms with Crippen molar-refractivity contribution in [2.75, 3.05) is 30.3 Å². The molecule has 4 heteroatoms. The van der Waals surface area contributed by atoms with E-state index < -0.39 is 0 Å². The molecule has 2 saturated heterocycles. The van der Waals surface area contributed by atoms with Crippen molar-refractivity contribution in [1.82, 2.24) is 9.88 Å². The van der Waals surface area contributed by atoms with Crippen LogP contribution in [0.2, 0.25) is 0 Å². The molecule has 0 saturated carbocycles. The number of piperazine rings is 1. The van der Waals surface area contributed by atoms with Crippen molar-refractivity contribution in [3.63, 3.8) is 0 Å². The normalized spacial score (nSPS) is 29.4. The number of fused-ring (bicyclic) bond motifs is 1. The largest absolute Gasteiger partial charge is 0.384 e. The van der Waals surface area contributed by atoms with E-state index in [9.17, 15) is 0 Å². The van der Waals surface area contributed by atoms with E-state index in [1.807, 2.05) is 6.07 Å². The molecule has 2 N–H and O–H groups in total. The van der Waals surface area contributed by atoms with Gasteiger partial charge < -0.3 is 10.6 Å². The second kappa shape index (κ2) is 4.18. The first-order chi connectivity index (χ1) is 8.24. The summed E-state index contributed by atoms with van der Waals surface area (Å²) in [5.74, 6) is 0.614. The minimum Gasteiger partial charge on any atom is -0.384 e. The van der Waals surface area contributed by atoms with Gasteiger partial charge in [-0.05, 0) is 32.4 Å². The number of nitrogens with zero attached hydrogens (tertiary/aromatic N) is 3. The maximum atomic E-state index is 5.77. The topological polar surface area (TPSA) is 45.4 Å². The van der Waals surface area contributed by atoms with Gasteiger partial charge in [0.25, 0.3) is 0 Å². The van der Waals surface area contributed by atoms with Gasteiger partial charge in [-0.15, -0.1) is 0 Å². The maximum Gasteiger partial charge on any atom is 0.125 e. The molecule has 1 aromatic heterocycles. The first-order valence-corrected chi connectivity index (χ1v) is 6.46. The van der Waals surface area contributed by atoms with E-state index in [0.717, 1.165) is 12.6 Å². The third-order valence-electron chi connectivity index (χ3n) is 4.03. The summed E-state index contributed by atoms with van der Waals surface area (Å²) in [5, 5.41) is 0. The summed E-state index contributed by atoms with van der Waals surface area (Å²) in [5.41, 5.74) is 6.99. The van der Waals surface area contributed by atoms with Crippen LogP contribution in [0.25, 0.3) is 0 Å². The molecule has 92 valence electrons. The molecule has 2 fully saturated rings. The lowest BCUT2D eigenvalue weighted by Crippen LogP contribution is -2.55. The van der Waals surface area contributed by atoms with Crippen LogP contribution in [0.15, 0.2) is 18.3 Å². The van der Waals surface area contributed by atoms with Crippen molar-refractivity contribution in [1.29, 1.82) is 0 Å². The number of hydrogen-bond acceptors (Lipinski definition) is 4. The lowest BCUT2D eigenvalue weighted by Gasteiger charge is -2.43. The summed E-state index contributed by atoms with van der Waals surface area (Å²) in [4.78, 5) is 9.17. The molecule has 17 heavy (non-hydrogen) atoms. The third kappa shape index (κ3) is 1.97. The molecule has 3 rings (SSSR count). The average Bonchev–Trinajstić information content (AvgIpc) is 2.75. The summed E-state index contributed by atoms with van der Waals surface area (Å²) in [7, 11) is 0. The first kappa shape index (κ1) is 10.8. The lowest BCUT2D eigenvalue weighted by molar-refractivity contribution is 0.203. The van der Waals surface area contributed by atoms with Crippen LogP contribution in [0, 0.1) is 0 Å². The van der Waals surface area contributed by atoms with Crippen LogP contribution in [0.5, 0.6) is 0 Å². The van der Waals surface area contributed by atoms with Gasteiger partial charge in [0.1, 0.15) is 5.82 Å². The molecule has 4 nitrogen and oxygen atoms in total. The highest BCUT2D eigenvalue weighted by atomic mass is 15.3. The number of pyridine rings is 1. The van der Waals surface area contributed by atoms with Gasteiger partial charge in [0.2, 0.25) is 0 Å². The number of rotatable bonds is 1. The van der Waals surface area contributed by atoms with Gasteiger partial charge in [-0.1, -0.05) is 0 Å². The van der Waals surface area contributed by atoms with Crippen molar-refractivity contribution >= 4 is 11.5 Å². The molecule has 0 bridgehead atoms. The van der Waals surface area contributed by atoms with Crippen LogP contribution in [0.1, 0.15) is 19.8 Å². The highest BCUT2D eigenvalue weighted by Gasteiger charge is 2.34. The summed E-state index contributed by atoms with van der Waals surface area (Å²) in [6.07, 6.45) is 4.49. The molecular formula is C13H20N4. The minimum atomic E-state index is 0.561. The highest BCUT2D eigenvalue weighted by Crippen LogP contribution is 2.28. The summed E-state index contributed by atoms with van der Waals surface area (Å²) in [6.45, 7) is 5.88. The van der Waals surface area contributed by atoms with E-state index in [1.165, 1.54) is 31.6 Å². The highest BCUT2D eigenvalue weighted by molar-refractivity contribution is 5.53. The predicted molar refractivity (Wildman–Crippen MR) is 70.1 cm³/mol. The fourth-order valence-electron chi connectivity index (χ4n) is 3.16. The summed E-state index contributed by atoms with van der Waals surface area (Å²) < 4.78 is 0. The Hall–Kier alpha value is -1.29. The van der Waals surface area contributed by atoms with Crippen LogP contribution in [-0.2, 0) is 0 Å². The van der Waals surface area contributed by atoms with Crippen molar-refractivity contribution in [2.45, 2.75) is 31.8 Å². The zero-order valence-electron chi connectivity index (χ0n) is 10.3. The second-order valence-electron chi connectivity index (χ2n) is 5.23. The van der Waals surface area contributed by atoms with Crippen molar-refractivity contribution in [3.05, 3.63) is 18.3 Å². The Balaban J connectivity index is 1.83. The van der Waals surface area contributed by atoms with Gasteiger partial charge in [0, 0.05) is 43.1 Å². The molecule has 0 aromatic carbocycles. The summed E-state index contributed by atoms with van der Waals surface area (Å²) in [6, 6.07) is 5.35. The lowest BCUT2D eigenvalue weighted by atomic mass is 10.1. The SMILES string of the molecule is CC1CN2CCCC2CN1c1ccnc(N)c1. The first-order valence-electron chi connectivity index (χ1n) is 6.46. The molecule has 0 aliphatic carbocycles. The van der Waals surface area contributed by atoms with Gasteiger partial charge in [-0.3, -0.25) is 4.90 Å². The van der Waals surface area contributed by atoms with E-state index in [2.05, 4.69) is 27.8 Å².